The van der Waals surface area contributed by atoms with Crippen LogP contribution in [0.15, 0.2) is 18.2 Å². The Morgan fingerprint density at radius 2 is 2.14 bits per heavy atom. The lowest BCUT2D eigenvalue weighted by Crippen LogP contribution is -2.51. The van der Waals surface area contributed by atoms with Crippen molar-refractivity contribution in [2.75, 3.05) is 33.4 Å². The Bertz CT molecular complexity index is 539. The first-order valence-electron chi connectivity index (χ1n) is 7.08. The smallest absolute Gasteiger partial charge is 0.257 e. The predicted molar refractivity (Wildman–Crippen MR) is 74.4 cm³/mol. The Labute approximate surface area is 123 Å². The molecule has 2 fully saturated rings. The highest BCUT2D eigenvalue weighted by atomic mass is 16.7. The molecule has 0 atom stereocenters. The van der Waals surface area contributed by atoms with Crippen molar-refractivity contribution in [2.24, 2.45) is 0 Å². The number of ether oxygens (including phenoxy) is 3. The molecule has 0 radical (unpaired) electrons. The highest BCUT2D eigenvalue weighted by Crippen LogP contribution is 2.34. The molecule has 6 nitrogen and oxygen atoms in total. The van der Waals surface area contributed by atoms with E-state index in [2.05, 4.69) is 0 Å². The monoisotopic (exact) mass is 293 g/mol. The minimum absolute atomic E-state index is 0.127. The Hall–Kier alpha value is -1.79. The number of aromatic hydroxyl groups is 1. The van der Waals surface area contributed by atoms with Crippen LogP contribution in [0.2, 0.25) is 0 Å². The Morgan fingerprint density at radius 3 is 2.86 bits per heavy atom. The molecule has 1 aromatic rings. The van der Waals surface area contributed by atoms with Gasteiger partial charge in [0.1, 0.15) is 0 Å². The van der Waals surface area contributed by atoms with Gasteiger partial charge in [0.15, 0.2) is 17.3 Å². The van der Waals surface area contributed by atoms with E-state index in [0.29, 0.717) is 32.1 Å². The first kappa shape index (κ1) is 14.2. The third-order valence-electron chi connectivity index (χ3n) is 3.97. The van der Waals surface area contributed by atoms with Crippen LogP contribution in [-0.4, -0.2) is 55.1 Å². The number of nitrogens with zero attached hydrogens (tertiary/aromatic N) is 1. The van der Waals surface area contributed by atoms with Crippen molar-refractivity contribution >= 4 is 5.91 Å². The fourth-order valence-corrected chi connectivity index (χ4v) is 2.92. The number of piperidine rings is 1. The van der Waals surface area contributed by atoms with Gasteiger partial charge in [-0.2, -0.15) is 0 Å². The van der Waals surface area contributed by atoms with Gasteiger partial charge in [0.05, 0.1) is 32.4 Å². The van der Waals surface area contributed by atoms with Gasteiger partial charge in [-0.1, -0.05) is 6.07 Å². The van der Waals surface area contributed by atoms with Gasteiger partial charge in [-0.05, 0) is 18.6 Å². The van der Waals surface area contributed by atoms with Crippen LogP contribution in [0.1, 0.15) is 23.2 Å². The summed E-state index contributed by atoms with van der Waals surface area (Å²) < 4.78 is 16.4. The second kappa shape index (κ2) is 5.54. The van der Waals surface area contributed by atoms with E-state index < -0.39 is 5.79 Å². The van der Waals surface area contributed by atoms with E-state index in [0.717, 1.165) is 12.8 Å². The van der Waals surface area contributed by atoms with Crippen LogP contribution in [0, 0.1) is 0 Å². The van der Waals surface area contributed by atoms with E-state index in [9.17, 15) is 9.90 Å². The number of hydrogen-bond donors (Lipinski definition) is 1. The number of hydrogen-bond acceptors (Lipinski definition) is 5. The zero-order valence-electron chi connectivity index (χ0n) is 12.0. The maximum absolute atomic E-state index is 12.6. The number of phenolic OH excluding ortho intramolecular Hbond substituents is 1. The summed E-state index contributed by atoms with van der Waals surface area (Å²) in [6.07, 6.45) is 1.61. The zero-order valence-corrected chi connectivity index (χ0v) is 12.0. The molecule has 0 aromatic heterocycles. The number of carbonyl (C=O) groups is 1. The number of rotatable bonds is 2. The van der Waals surface area contributed by atoms with Gasteiger partial charge in [0, 0.05) is 13.0 Å². The number of likely N-dealkylation sites (tertiary alicyclic amines) is 1. The SMILES string of the molecule is COc1cccc(C(=O)N2CCCC3(C2)OCCO3)c1O. The van der Waals surface area contributed by atoms with E-state index >= 15 is 0 Å². The van der Waals surface area contributed by atoms with Crippen LogP contribution in [0.4, 0.5) is 0 Å². The Morgan fingerprint density at radius 1 is 1.38 bits per heavy atom. The number of benzene rings is 1. The van der Waals surface area contributed by atoms with Gasteiger partial charge in [0.2, 0.25) is 0 Å². The zero-order chi connectivity index (χ0) is 14.9. The van der Waals surface area contributed by atoms with Crippen molar-refractivity contribution in [3.8, 4) is 11.5 Å². The van der Waals surface area contributed by atoms with Crippen LogP contribution in [0.3, 0.4) is 0 Å². The number of carbonyl (C=O) groups excluding carboxylic acids is 1. The van der Waals surface area contributed by atoms with Crippen molar-refractivity contribution < 1.29 is 24.1 Å². The quantitative estimate of drug-likeness (QED) is 0.892. The molecule has 1 aromatic carbocycles. The summed E-state index contributed by atoms with van der Waals surface area (Å²) in [5, 5.41) is 10.1. The molecule has 0 saturated carbocycles. The van der Waals surface area contributed by atoms with Crippen molar-refractivity contribution in [3.05, 3.63) is 23.8 Å². The molecular formula is C15H19NO5. The fourth-order valence-electron chi connectivity index (χ4n) is 2.92. The van der Waals surface area contributed by atoms with Crippen molar-refractivity contribution in [2.45, 2.75) is 18.6 Å². The van der Waals surface area contributed by atoms with Gasteiger partial charge in [-0.3, -0.25) is 4.79 Å². The lowest BCUT2D eigenvalue weighted by Gasteiger charge is -2.38. The molecule has 2 aliphatic heterocycles. The minimum Gasteiger partial charge on any atom is -0.504 e. The van der Waals surface area contributed by atoms with E-state index in [-0.39, 0.29) is 17.2 Å². The van der Waals surface area contributed by atoms with Gasteiger partial charge >= 0.3 is 0 Å². The normalized spacial score (nSPS) is 20.7. The van der Waals surface area contributed by atoms with E-state index in [1.807, 2.05) is 0 Å². The van der Waals surface area contributed by atoms with Gasteiger partial charge < -0.3 is 24.2 Å². The van der Waals surface area contributed by atoms with E-state index in [1.165, 1.54) is 7.11 Å². The summed E-state index contributed by atoms with van der Waals surface area (Å²) in [6, 6.07) is 4.90. The molecular weight excluding hydrogens is 274 g/mol. The number of amides is 1. The second-order valence-electron chi connectivity index (χ2n) is 5.29. The molecule has 2 aliphatic rings. The predicted octanol–water partition coefficient (Wildman–Crippen LogP) is 1.38. The van der Waals surface area contributed by atoms with Crippen molar-refractivity contribution in [1.82, 2.24) is 4.90 Å². The molecule has 21 heavy (non-hydrogen) atoms. The number of phenols is 1. The average Bonchev–Trinajstić information content (AvgIpc) is 2.94. The standard InChI is InChI=1S/C15H19NO5/c1-19-12-5-2-4-11(13(12)17)14(18)16-7-3-6-15(10-16)20-8-9-21-15/h2,4-5,17H,3,6-10H2,1H3. The number of methoxy groups -OCH3 is 1. The molecule has 1 spiro atoms. The van der Waals surface area contributed by atoms with Crippen molar-refractivity contribution in [1.29, 1.82) is 0 Å². The van der Waals surface area contributed by atoms with Gasteiger partial charge in [-0.25, -0.2) is 0 Å². The van der Waals surface area contributed by atoms with E-state index in [1.54, 1.807) is 23.1 Å². The molecule has 1 amide bonds. The summed E-state index contributed by atoms with van der Waals surface area (Å²) in [5.41, 5.74) is 0.240. The summed E-state index contributed by atoms with van der Waals surface area (Å²) >= 11 is 0. The summed E-state index contributed by atoms with van der Waals surface area (Å²) in [6.45, 7) is 2.14. The molecule has 0 unspecified atom stereocenters. The highest BCUT2D eigenvalue weighted by molar-refractivity contribution is 5.97. The molecule has 0 aliphatic carbocycles. The topological polar surface area (TPSA) is 68.2 Å². The maximum Gasteiger partial charge on any atom is 0.257 e. The van der Waals surface area contributed by atoms with Gasteiger partial charge in [-0.15, -0.1) is 0 Å². The lowest BCUT2D eigenvalue weighted by atomic mass is 10.0. The van der Waals surface area contributed by atoms with Crippen LogP contribution in [0.5, 0.6) is 11.5 Å². The molecule has 6 heteroatoms. The lowest BCUT2D eigenvalue weighted by molar-refractivity contribution is -0.183. The molecule has 3 rings (SSSR count). The third kappa shape index (κ3) is 2.56. The summed E-state index contributed by atoms with van der Waals surface area (Å²) in [4.78, 5) is 14.3. The summed E-state index contributed by atoms with van der Waals surface area (Å²) in [7, 11) is 1.46. The Balaban J connectivity index is 1.82. The molecule has 2 saturated heterocycles. The third-order valence-corrected chi connectivity index (χ3v) is 3.97. The van der Waals surface area contributed by atoms with Crippen LogP contribution in [-0.2, 0) is 9.47 Å². The minimum atomic E-state index is -0.664. The largest absolute Gasteiger partial charge is 0.504 e. The number of para-hydroxylation sites is 1. The maximum atomic E-state index is 12.6. The van der Waals surface area contributed by atoms with Crippen LogP contribution < -0.4 is 4.74 Å². The van der Waals surface area contributed by atoms with Gasteiger partial charge in [0.25, 0.3) is 5.91 Å². The fraction of sp³-hybridized carbons (Fsp3) is 0.533. The molecule has 1 N–H and O–H groups in total. The summed E-state index contributed by atoms with van der Waals surface area (Å²) in [5.74, 6) is -0.731. The van der Waals surface area contributed by atoms with Crippen molar-refractivity contribution in [3.63, 3.8) is 0 Å². The average molecular weight is 293 g/mol. The van der Waals surface area contributed by atoms with E-state index in [4.69, 9.17) is 14.2 Å². The van der Waals surface area contributed by atoms with Crippen LogP contribution >= 0.6 is 0 Å². The highest BCUT2D eigenvalue weighted by Gasteiger charge is 2.42. The molecule has 0 bridgehead atoms. The second-order valence-corrected chi connectivity index (χ2v) is 5.29. The van der Waals surface area contributed by atoms with Crippen LogP contribution in [0.25, 0.3) is 0 Å². The first-order valence-corrected chi connectivity index (χ1v) is 7.08. The first-order chi connectivity index (χ1) is 10.2. The Kier molecular flexibility index (Phi) is 3.73. The molecule has 2 heterocycles. The molecule has 114 valence electrons.